The lowest BCUT2D eigenvalue weighted by molar-refractivity contribution is 0.313. The zero-order valence-electron chi connectivity index (χ0n) is 6.81. The first-order valence-corrected chi connectivity index (χ1v) is 4.43. The van der Waals surface area contributed by atoms with Crippen LogP contribution in [-0.2, 0) is 0 Å². The van der Waals surface area contributed by atoms with E-state index in [1.54, 1.807) is 0 Å². The van der Waals surface area contributed by atoms with Gasteiger partial charge in [0.2, 0.25) is 0 Å². The molecule has 0 N–H and O–H groups in total. The van der Waals surface area contributed by atoms with Crippen molar-refractivity contribution in [1.82, 2.24) is 0 Å². The van der Waals surface area contributed by atoms with E-state index in [1.165, 1.54) is 18.2 Å². The molecule has 0 saturated heterocycles. The Balaban J connectivity index is 2.68. The van der Waals surface area contributed by atoms with Crippen LogP contribution in [0.4, 0.5) is 12.9 Å². The second-order valence-corrected chi connectivity index (χ2v) is 3.44. The summed E-state index contributed by atoms with van der Waals surface area (Å²) >= 11 is 11.1. The maximum Gasteiger partial charge on any atom is 0.515 e. The topological polar surface area (TPSA) is 9.23 Å². The molecule has 0 fully saturated rings. The van der Waals surface area contributed by atoms with Crippen LogP contribution in [0.1, 0.15) is 0 Å². The van der Waals surface area contributed by atoms with Crippen molar-refractivity contribution in [2.75, 3.05) is 6.51 Å². The summed E-state index contributed by atoms with van der Waals surface area (Å²) in [5.74, 6) is -0.0183. The van der Waals surface area contributed by atoms with Crippen molar-refractivity contribution in [2.45, 2.75) is 0 Å². The van der Waals surface area contributed by atoms with Gasteiger partial charge in [-0.05, 0) is 18.2 Å². The van der Waals surface area contributed by atoms with Gasteiger partial charge in [-0.3, -0.25) is 0 Å². The third-order valence-electron chi connectivity index (χ3n) is 1.32. The van der Waals surface area contributed by atoms with E-state index in [0.29, 0.717) is 5.02 Å². The Morgan fingerprint density at radius 2 is 1.86 bits per heavy atom. The van der Waals surface area contributed by atoms with Crippen LogP contribution in [0, 0.1) is 0 Å². The molecule has 0 heterocycles. The predicted octanol–water partition coefficient (Wildman–Crippen LogP) is 3.76. The van der Waals surface area contributed by atoms with Gasteiger partial charge in [0.05, 0.1) is 11.5 Å². The lowest BCUT2D eigenvalue weighted by atomic mass is 9.95. The summed E-state index contributed by atoms with van der Waals surface area (Å²) in [4.78, 5) is 0. The SMILES string of the molecule is F[B-](F)(F)COc1ccc(Cl)cc1Cl. The standard InChI is InChI=1S/C7H5BCl2F3O/c9-5-1-2-7(6(10)3-5)14-4-8(11,12)13/h1-3H,4H2/q-1. The molecule has 14 heavy (non-hydrogen) atoms. The Bertz CT molecular complexity index is 329. The molecule has 1 nitrogen and oxygen atoms in total. The summed E-state index contributed by atoms with van der Waals surface area (Å²) in [5, 5.41) is 0.414. The maximum atomic E-state index is 11.8. The molecule has 0 spiro atoms. The zero-order valence-corrected chi connectivity index (χ0v) is 8.33. The zero-order chi connectivity index (χ0) is 10.8. The highest BCUT2D eigenvalue weighted by Crippen LogP contribution is 2.28. The maximum absolute atomic E-state index is 11.8. The molecule has 0 aromatic heterocycles. The number of rotatable bonds is 3. The first kappa shape index (κ1) is 11.5. The van der Waals surface area contributed by atoms with Crippen LogP contribution in [0.15, 0.2) is 18.2 Å². The molecule has 0 unspecified atom stereocenters. The molecule has 1 aromatic rings. The van der Waals surface area contributed by atoms with Gasteiger partial charge in [0.15, 0.2) is 0 Å². The van der Waals surface area contributed by atoms with Crippen LogP contribution in [0.3, 0.4) is 0 Å². The largest absolute Gasteiger partial charge is 0.520 e. The molecular weight excluding hydrogens is 239 g/mol. The van der Waals surface area contributed by atoms with Crippen LogP contribution in [0.5, 0.6) is 5.75 Å². The van der Waals surface area contributed by atoms with Crippen LogP contribution in [0.2, 0.25) is 10.0 Å². The highest BCUT2D eigenvalue weighted by molar-refractivity contribution is 6.58. The van der Waals surface area contributed by atoms with Gasteiger partial charge in [-0.2, -0.15) is 0 Å². The summed E-state index contributed by atoms with van der Waals surface area (Å²) < 4.78 is 39.9. The molecule has 0 bridgehead atoms. The Morgan fingerprint density at radius 1 is 1.21 bits per heavy atom. The first-order valence-electron chi connectivity index (χ1n) is 3.67. The number of ether oxygens (including phenoxy) is 1. The van der Waals surface area contributed by atoms with Gasteiger partial charge in [-0.1, -0.05) is 23.2 Å². The van der Waals surface area contributed by atoms with E-state index in [-0.39, 0.29) is 10.8 Å². The molecule has 0 atom stereocenters. The van der Waals surface area contributed by atoms with Crippen LogP contribution in [0.25, 0.3) is 0 Å². The van der Waals surface area contributed by atoms with Crippen LogP contribution in [-0.4, -0.2) is 13.5 Å². The lowest BCUT2D eigenvalue weighted by Gasteiger charge is -2.15. The highest BCUT2D eigenvalue weighted by Gasteiger charge is 2.24. The van der Waals surface area contributed by atoms with E-state index >= 15 is 0 Å². The summed E-state index contributed by atoms with van der Waals surface area (Å²) in [6.07, 6.45) is 0. The molecule has 0 aliphatic heterocycles. The smallest absolute Gasteiger partial charge is 0.515 e. The van der Waals surface area contributed by atoms with E-state index < -0.39 is 13.5 Å². The third kappa shape index (κ3) is 3.68. The molecule has 0 saturated carbocycles. The first-order chi connectivity index (χ1) is 6.38. The average Bonchev–Trinajstić information content (AvgIpc) is 2.00. The highest BCUT2D eigenvalue weighted by atomic mass is 35.5. The Morgan fingerprint density at radius 3 is 2.36 bits per heavy atom. The third-order valence-corrected chi connectivity index (χ3v) is 1.85. The monoisotopic (exact) mass is 243 g/mol. The van der Waals surface area contributed by atoms with Gasteiger partial charge in [0.25, 0.3) is 0 Å². The number of hydrogen-bond donors (Lipinski definition) is 0. The van der Waals surface area contributed by atoms with Crippen molar-refractivity contribution in [2.24, 2.45) is 0 Å². The minimum Gasteiger partial charge on any atom is -0.520 e. The number of hydrogen-bond acceptors (Lipinski definition) is 1. The van der Waals surface area contributed by atoms with Gasteiger partial charge < -0.3 is 17.7 Å². The fourth-order valence-electron chi connectivity index (χ4n) is 0.777. The Labute approximate surface area is 88.8 Å². The fraction of sp³-hybridized carbons (Fsp3) is 0.143. The molecule has 7 heteroatoms. The molecule has 0 radical (unpaired) electrons. The summed E-state index contributed by atoms with van der Waals surface area (Å²) in [5.41, 5.74) is 0. The molecule has 0 amide bonds. The summed E-state index contributed by atoms with van der Waals surface area (Å²) in [6, 6.07) is 4.03. The van der Waals surface area contributed by atoms with E-state index in [0.717, 1.165) is 0 Å². The molecule has 0 aliphatic carbocycles. The van der Waals surface area contributed by atoms with Crippen molar-refractivity contribution in [3.05, 3.63) is 28.2 Å². The molecule has 78 valence electrons. The lowest BCUT2D eigenvalue weighted by Crippen LogP contribution is -2.26. The van der Waals surface area contributed by atoms with Crippen molar-refractivity contribution in [3.8, 4) is 5.75 Å². The number of benzene rings is 1. The molecule has 0 aliphatic rings. The van der Waals surface area contributed by atoms with Crippen molar-refractivity contribution in [3.63, 3.8) is 0 Å². The molecular formula is C7H5BCl2F3O-. The second kappa shape index (κ2) is 4.32. The van der Waals surface area contributed by atoms with Crippen LogP contribution < -0.4 is 4.74 Å². The Kier molecular flexibility index (Phi) is 3.56. The summed E-state index contributed by atoms with van der Waals surface area (Å²) in [7, 11) is 0. The Hall–Kier alpha value is -0.545. The van der Waals surface area contributed by atoms with E-state index in [1.807, 2.05) is 0 Å². The molecule has 1 aromatic carbocycles. The summed E-state index contributed by atoms with van der Waals surface area (Å²) in [6.45, 7) is -6.27. The predicted molar refractivity (Wildman–Crippen MR) is 51.0 cm³/mol. The molecule has 1 rings (SSSR count). The normalized spacial score (nSPS) is 11.5. The van der Waals surface area contributed by atoms with E-state index in [4.69, 9.17) is 23.2 Å². The van der Waals surface area contributed by atoms with E-state index in [9.17, 15) is 12.9 Å². The van der Waals surface area contributed by atoms with Crippen molar-refractivity contribution < 1.29 is 17.7 Å². The van der Waals surface area contributed by atoms with E-state index in [2.05, 4.69) is 4.74 Å². The average molecular weight is 244 g/mol. The van der Waals surface area contributed by atoms with Gasteiger partial charge in [-0.25, -0.2) is 0 Å². The quantitative estimate of drug-likeness (QED) is 0.735. The van der Waals surface area contributed by atoms with Gasteiger partial charge >= 0.3 is 6.98 Å². The van der Waals surface area contributed by atoms with Crippen molar-refractivity contribution >= 4 is 30.2 Å². The van der Waals surface area contributed by atoms with Crippen LogP contribution >= 0.6 is 23.2 Å². The van der Waals surface area contributed by atoms with Crippen molar-refractivity contribution in [1.29, 1.82) is 0 Å². The van der Waals surface area contributed by atoms with Gasteiger partial charge in [-0.15, -0.1) is 0 Å². The second-order valence-electron chi connectivity index (χ2n) is 2.60. The van der Waals surface area contributed by atoms with Gasteiger partial charge in [0.1, 0.15) is 5.75 Å². The number of halogens is 5. The fourth-order valence-corrected chi connectivity index (χ4v) is 1.24. The van der Waals surface area contributed by atoms with Gasteiger partial charge in [0, 0.05) is 5.02 Å². The minimum absolute atomic E-state index is 0.0183. The minimum atomic E-state index is -4.97.